The second-order valence-corrected chi connectivity index (χ2v) is 1.91. The van der Waals surface area contributed by atoms with Crippen molar-refractivity contribution in [2.75, 3.05) is 27.2 Å². The van der Waals surface area contributed by atoms with Crippen molar-refractivity contribution in [2.24, 2.45) is 0 Å². The van der Waals surface area contributed by atoms with Gasteiger partial charge in [0.15, 0.2) is 0 Å². The molecule has 0 saturated carbocycles. The zero-order chi connectivity index (χ0) is 8.69. The van der Waals surface area contributed by atoms with E-state index >= 15 is 0 Å². The summed E-state index contributed by atoms with van der Waals surface area (Å²) in [4.78, 5) is 21.2. The standard InChI is InChI=1S/C6H12N2O3/c1-7-3-5(9)11-6(10)4-8-2/h7-8H,3-4H2,1-2H3. The number of hydrogen-bond donors (Lipinski definition) is 2. The molecule has 0 aromatic heterocycles. The second-order valence-electron chi connectivity index (χ2n) is 1.91. The number of nitrogens with one attached hydrogen (secondary N) is 2. The molecule has 0 unspecified atom stereocenters. The SMILES string of the molecule is CNCC(=O)OC(=O)CNC. The minimum absolute atomic E-state index is 0.0510. The van der Waals surface area contributed by atoms with Crippen LogP contribution in [0.1, 0.15) is 0 Å². The average Bonchev–Trinajstić information content (AvgIpc) is 1.87. The van der Waals surface area contributed by atoms with Gasteiger partial charge in [0.2, 0.25) is 0 Å². The van der Waals surface area contributed by atoms with E-state index in [1.165, 1.54) is 0 Å². The molecule has 0 fully saturated rings. The van der Waals surface area contributed by atoms with Crippen LogP contribution in [-0.4, -0.2) is 39.1 Å². The molecule has 0 aromatic carbocycles. The largest absolute Gasteiger partial charge is 0.391 e. The van der Waals surface area contributed by atoms with E-state index in [2.05, 4.69) is 15.4 Å². The lowest BCUT2D eigenvalue weighted by atomic mass is 10.6. The molecule has 2 N–H and O–H groups in total. The fourth-order valence-corrected chi connectivity index (χ4v) is 0.488. The molecule has 0 rings (SSSR count). The van der Waals surface area contributed by atoms with Crippen molar-refractivity contribution < 1.29 is 14.3 Å². The molecule has 0 aliphatic carbocycles. The molecule has 0 amide bonds. The number of rotatable bonds is 4. The number of carbonyl (C=O) groups is 2. The van der Waals surface area contributed by atoms with Crippen molar-refractivity contribution in [2.45, 2.75) is 0 Å². The highest BCUT2D eigenvalue weighted by Gasteiger charge is 2.06. The Hall–Kier alpha value is -0.940. The third-order valence-electron chi connectivity index (χ3n) is 0.870. The van der Waals surface area contributed by atoms with Gasteiger partial charge in [0, 0.05) is 0 Å². The summed E-state index contributed by atoms with van der Waals surface area (Å²) in [6.07, 6.45) is 0. The van der Waals surface area contributed by atoms with E-state index in [1.807, 2.05) is 0 Å². The molecule has 0 bridgehead atoms. The monoisotopic (exact) mass is 160 g/mol. The normalized spacial score (nSPS) is 9.27. The van der Waals surface area contributed by atoms with E-state index in [-0.39, 0.29) is 13.1 Å². The number of carbonyl (C=O) groups excluding carboxylic acids is 2. The molecule has 11 heavy (non-hydrogen) atoms. The van der Waals surface area contributed by atoms with Gasteiger partial charge in [0.1, 0.15) is 0 Å². The van der Waals surface area contributed by atoms with Crippen molar-refractivity contribution in [1.29, 1.82) is 0 Å². The van der Waals surface area contributed by atoms with E-state index in [1.54, 1.807) is 14.1 Å². The van der Waals surface area contributed by atoms with Crippen LogP contribution in [-0.2, 0) is 14.3 Å². The molecule has 0 heterocycles. The number of esters is 2. The summed E-state index contributed by atoms with van der Waals surface area (Å²) in [7, 11) is 3.20. The highest BCUT2D eigenvalue weighted by Crippen LogP contribution is 1.77. The Morgan fingerprint density at radius 2 is 1.45 bits per heavy atom. The third kappa shape index (κ3) is 5.50. The maximum atomic E-state index is 10.6. The molecule has 0 aliphatic rings. The van der Waals surface area contributed by atoms with Crippen LogP contribution in [0, 0.1) is 0 Å². The van der Waals surface area contributed by atoms with Crippen LogP contribution >= 0.6 is 0 Å². The van der Waals surface area contributed by atoms with Gasteiger partial charge in [-0.1, -0.05) is 0 Å². The van der Waals surface area contributed by atoms with Crippen LogP contribution in [0.4, 0.5) is 0 Å². The summed E-state index contributed by atoms with van der Waals surface area (Å²) >= 11 is 0. The molecule has 64 valence electrons. The number of hydrogen-bond acceptors (Lipinski definition) is 5. The van der Waals surface area contributed by atoms with E-state index in [0.29, 0.717) is 0 Å². The fraction of sp³-hybridized carbons (Fsp3) is 0.667. The summed E-state index contributed by atoms with van der Waals surface area (Å²) in [6.45, 7) is 0.102. The topological polar surface area (TPSA) is 67.4 Å². The first-order valence-corrected chi connectivity index (χ1v) is 3.23. The van der Waals surface area contributed by atoms with Crippen LogP contribution in [0.2, 0.25) is 0 Å². The van der Waals surface area contributed by atoms with Gasteiger partial charge in [-0.3, -0.25) is 9.59 Å². The van der Waals surface area contributed by atoms with Gasteiger partial charge >= 0.3 is 11.9 Å². The Morgan fingerprint density at radius 3 is 1.73 bits per heavy atom. The fourth-order valence-electron chi connectivity index (χ4n) is 0.488. The van der Waals surface area contributed by atoms with E-state index < -0.39 is 11.9 Å². The van der Waals surface area contributed by atoms with E-state index in [0.717, 1.165) is 0 Å². The molecule has 0 radical (unpaired) electrons. The molecule has 0 spiro atoms. The van der Waals surface area contributed by atoms with Gasteiger partial charge in [0.25, 0.3) is 0 Å². The first kappa shape index (κ1) is 10.1. The maximum absolute atomic E-state index is 10.6. The zero-order valence-electron chi connectivity index (χ0n) is 6.64. The predicted octanol–water partition coefficient (Wildman–Crippen LogP) is -1.50. The molecule has 0 aromatic rings. The average molecular weight is 160 g/mol. The van der Waals surface area contributed by atoms with Crippen molar-refractivity contribution in [3.63, 3.8) is 0 Å². The van der Waals surface area contributed by atoms with Crippen molar-refractivity contribution in [3.05, 3.63) is 0 Å². The molecule has 0 aliphatic heterocycles. The van der Waals surface area contributed by atoms with Crippen molar-refractivity contribution >= 4 is 11.9 Å². The molecule has 0 atom stereocenters. The molecule has 5 nitrogen and oxygen atoms in total. The summed E-state index contributed by atoms with van der Waals surface area (Å²) in [6, 6.07) is 0. The Labute approximate surface area is 65.1 Å². The lowest BCUT2D eigenvalue weighted by Gasteiger charge is -2.00. The third-order valence-corrected chi connectivity index (χ3v) is 0.870. The summed E-state index contributed by atoms with van der Waals surface area (Å²) in [5.41, 5.74) is 0. The van der Waals surface area contributed by atoms with Crippen molar-refractivity contribution in [1.82, 2.24) is 10.6 Å². The van der Waals surface area contributed by atoms with Gasteiger partial charge in [-0.25, -0.2) is 0 Å². The first-order chi connectivity index (χ1) is 5.20. The molecular formula is C6H12N2O3. The summed E-state index contributed by atoms with van der Waals surface area (Å²) in [5, 5.41) is 5.14. The maximum Gasteiger partial charge on any atom is 0.327 e. The molecular weight excluding hydrogens is 148 g/mol. The summed E-state index contributed by atoms with van der Waals surface area (Å²) in [5.74, 6) is -1.12. The number of ether oxygens (including phenoxy) is 1. The Kier molecular flexibility index (Phi) is 5.32. The minimum atomic E-state index is -0.562. The number of likely N-dealkylation sites (N-methyl/N-ethyl adjacent to an activating group) is 2. The second kappa shape index (κ2) is 5.82. The van der Waals surface area contributed by atoms with Gasteiger partial charge < -0.3 is 15.4 Å². The van der Waals surface area contributed by atoms with Crippen molar-refractivity contribution in [3.8, 4) is 0 Å². The van der Waals surface area contributed by atoms with Gasteiger partial charge in [-0.15, -0.1) is 0 Å². The Balaban J connectivity index is 3.49. The lowest BCUT2D eigenvalue weighted by Crippen LogP contribution is -2.28. The molecule has 0 saturated heterocycles. The van der Waals surface area contributed by atoms with E-state index in [4.69, 9.17) is 0 Å². The Morgan fingerprint density at radius 1 is 1.09 bits per heavy atom. The zero-order valence-corrected chi connectivity index (χ0v) is 6.64. The van der Waals surface area contributed by atoms with Gasteiger partial charge in [-0.2, -0.15) is 0 Å². The van der Waals surface area contributed by atoms with Crippen LogP contribution in [0.25, 0.3) is 0 Å². The highest BCUT2D eigenvalue weighted by molar-refractivity contribution is 5.87. The van der Waals surface area contributed by atoms with Crippen LogP contribution in [0.3, 0.4) is 0 Å². The Bertz CT molecular complexity index is 131. The van der Waals surface area contributed by atoms with Crippen LogP contribution in [0.15, 0.2) is 0 Å². The minimum Gasteiger partial charge on any atom is -0.391 e. The quantitative estimate of drug-likeness (QED) is 0.387. The van der Waals surface area contributed by atoms with Crippen LogP contribution in [0.5, 0.6) is 0 Å². The van der Waals surface area contributed by atoms with E-state index in [9.17, 15) is 9.59 Å². The lowest BCUT2D eigenvalue weighted by molar-refractivity contribution is -0.158. The highest BCUT2D eigenvalue weighted by atomic mass is 16.6. The first-order valence-electron chi connectivity index (χ1n) is 3.23. The van der Waals surface area contributed by atoms with Gasteiger partial charge in [0.05, 0.1) is 13.1 Å². The molecule has 5 heteroatoms. The van der Waals surface area contributed by atoms with Gasteiger partial charge in [-0.05, 0) is 14.1 Å². The summed E-state index contributed by atoms with van der Waals surface area (Å²) < 4.78 is 4.33. The smallest absolute Gasteiger partial charge is 0.327 e. The van der Waals surface area contributed by atoms with Crippen LogP contribution < -0.4 is 10.6 Å². The predicted molar refractivity (Wildman–Crippen MR) is 39.0 cm³/mol.